The van der Waals surface area contributed by atoms with Crippen LogP contribution in [0.25, 0.3) is 6.08 Å². The second kappa shape index (κ2) is 6.32. The van der Waals surface area contributed by atoms with Crippen molar-refractivity contribution in [1.82, 2.24) is 0 Å². The summed E-state index contributed by atoms with van der Waals surface area (Å²) in [7, 11) is 1.22. The highest BCUT2D eigenvalue weighted by Crippen LogP contribution is 2.14. The minimum Gasteiger partial charge on any atom is -0.465 e. The van der Waals surface area contributed by atoms with Crippen molar-refractivity contribution in [3.05, 3.63) is 41.2 Å². The van der Waals surface area contributed by atoms with Crippen molar-refractivity contribution in [1.29, 1.82) is 0 Å². The van der Waals surface area contributed by atoms with E-state index in [9.17, 15) is 14.0 Å². The summed E-state index contributed by atoms with van der Waals surface area (Å²) in [5, 5.41) is 0. The first kappa shape index (κ1) is 15.9. The lowest BCUT2D eigenvalue weighted by Gasteiger charge is -2.17. The summed E-state index contributed by atoms with van der Waals surface area (Å²) in [4.78, 5) is 22.7. The summed E-state index contributed by atoms with van der Waals surface area (Å²) >= 11 is 0. The largest absolute Gasteiger partial charge is 0.465 e. The SMILES string of the molecule is COC(=O)c1ccc(C=CC(=O)OC(C)(C)C)c(F)c1. The van der Waals surface area contributed by atoms with E-state index in [0.29, 0.717) is 0 Å². The molecule has 0 spiro atoms. The molecule has 0 fully saturated rings. The summed E-state index contributed by atoms with van der Waals surface area (Å²) in [6, 6.07) is 3.87. The van der Waals surface area contributed by atoms with Crippen molar-refractivity contribution in [3.8, 4) is 0 Å². The van der Waals surface area contributed by atoms with E-state index in [4.69, 9.17) is 4.74 Å². The summed E-state index contributed by atoms with van der Waals surface area (Å²) in [6.45, 7) is 5.22. The van der Waals surface area contributed by atoms with Gasteiger partial charge in [-0.05, 0) is 39.0 Å². The minimum absolute atomic E-state index is 0.111. The normalized spacial score (nSPS) is 11.4. The second-order valence-electron chi connectivity index (χ2n) is 5.09. The molecule has 1 aromatic rings. The topological polar surface area (TPSA) is 52.6 Å². The van der Waals surface area contributed by atoms with Crippen LogP contribution >= 0.6 is 0 Å². The van der Waals surface area contributed by atoms with Crippen molar-refractivity contribution >= 4 is 18.0 Å². The summed E-state index contributed by atoms with van der Waals surface area (Å²) in [5.74, 6) is -1.80. The lowest BCUT2D eigenvalue weighted by Crippen LogP contribution is -2.22. The lowest BCUT2D eigenvalue weighted by molar-refractivity contribution is -0.148. The first-order chi connectivity index (χ1) is 9.23. The Labute approximate surface area is 117 Å². The fraction of sp³-hybridized carbons (Fsp3) is 0.333. The van der Waals surface area contributed by atoms with E-state index in [2.05, 4.69) is 4.74 Å². The highest BCUT2D eigenvalue weighted by atomic mass is 19.1. The number of halogens is 1. The summed E-state index contributed by atoms with van der Waals surface area (Å²) in [6.07, 6.45) is 2.44. The molecule has 0 atom stereocenters. The van der Waals surface area contributed by atoms with Gasteiger partial charge in [-0.15, -0.1) is 0 Å². The van der Waals surface area contributed by atoms with Crippen molar-refractivity contribution in [2.45, 2.75) is 26.4 Å². The van der Waals surface area contributed by atoms with Crippen LogP contribution in [0.5, 0.6) is 0 Å². The zero-order chi connectivity index (χ0) is 15.3. The van der Waals surface area contributed by atoms with Crippen molar-refractivity contribution in [2.75, 3.05) is 7.11 Å². The molecule has 0 saturated heterocycles. The van der Waals surface area contributed by atoms with Crippen molar-refractivity contribution in [3.63, 3.8) is 0 Å². The number of carbonyl (C=O) groups excluding carboxylic acids is 2. The standard InChI is InChI=1S/C15H17FO4/c1-15(2,3)20-13(17)8-7-10-5-6-11(9-12(10)16)14(18)19-4/h5-9H,1-4H3. The Morgan fingerprint density at radius 3 is 2.40 bits per heavy atom. The van der Waals surface area contributed by atoms with Gasteiger partial charge in [0.1, 0.15) is 11.4 Å². The third kappa shape index (κ3) is 4.84. The molecule has 0 unspecified atom stereocenters. The van der Waals surface area contributed by atoms with Crippen LogP contribution in [0.2, 0.25) is 0 Å². The number of ether oxygens (including phenoxy) is 2. The van der Waals surface area contributed by atoms with Crippen LogP contribution in [0.4, 0.5) is 4.39 Å². The van der Waals surface area contributed by atoms with Crippen LogP contribution in [0.1, 0.15) is 36.7 Å². The molecule has 0 radical (unpaired) electrons. The van der Waals surface area contributed by atoms with E-state index in [1.807, 2.05) is 0 Å². The summed E-state index contributed by atoms with van der Waals surface area (Å²) < 4.78 is 23.3. The molecule has 1 aromatic carbocycles. The Morgan fingerprint density at radius 2 is 1.90 bits per heavy atom. The fourth-order valence-electron chi connectivity index (χ4n) is 1.40. The highest BCUT2D eigenvalue weighted by molar-refractivity contribution is 5.90. The van der Waals surface area contributed by atoms with Gasteiger partial charge < -0.3 is 9.47 Å². The molecule has 4 nitrogen and oxygen atoms in total. The smallest absolute Gasteiger partial charge is 0.337 e. The molecule has 108 valence electrons. The Bertz CT molecular complexity index is 541. The van der Waals surface area contributed by atoms with E-state index in [0.717, 1.165) is 12.1 Å². The van der Waals surface area contributed by atoms with Gasteiger partial charge in [-0.1, -0.05) is 6.07 Å². The third-order valence-electron chi connectivity index (χ3n) is 2.23. The molecular formula is C15H17FO4. The minimum atomic E-state index is -0.619. The van der Waals surface area contributed by atoms with Gasteiger partial charge in [0, 0.05) is 11.6 Å². The van der Waals surface area contributed by atoms with Gasteiger partial charge in [-0.25, -0.2) is 14.0 Å². The number of benzene rings is 1. The molecule has 0 aliphatic heterocycles. The van der Waals surface area contributed by atoms with Gasteiger partial charge in [0.05, 0.1) is 12.7 Å². The van der Waals surface area contributed by atoms with Crippen LogP contribution in [0.15, 0.2) is 24.3 Å². The number of hydrogen-bond donors (Lipinski definition) is 0. The van der Waals surface area contributed by atoms with E-state index >= 15 is 0 Å². The molecule has 0 N–H and O–H groups in total. The Hall–Kier alpha value is -2.17. The number of methoxy groups -OCH3 is 1. The van der Waals surface area contributed by atoms with Gasteiger partial charge >= 0.3 is 11.9 Å². The highest BCUT2D eigenvalue weighted by Gasteiger charge is 2.14. The van der Waals surface area contributed by atoms with Crippen molar-refractivity contribution < 1.29 is 23.5 Å². The van der Waals surface area contributed by atoms with Crippen molar-refractivity contribution in [2.24, 2.45) is 0 Å². The zero-order valence-corrected chi connectivity index (χ0v) is 11.9. The van der Waals surface area contributed by atoms with Gasteiger partial charge in [0.2, 0.25) is 0 Å². The maximum atomic E-state index is 13.7. The quantitative estimate of drug-likeness (QED) is 0.631. The zero-order valence-electron chi connectivity index (χ0n) is 11.9. The average molecular weight is 280 g/mol. The maximum absolute atomic E-state index is 13.7. The molecular weight excluding hydrogens is 263 g/mol. The third-order valence-corrected chi connectivity index (χ3v) is 2.23. The second-order valence-corrected chi connectivity index (χ2v) is 5.09. The Balaban J connectivity index is 2.84. The van der Waals surface area contributed by atoms with Crippen LogP contribution in [-0.2, 0) is 14.3 Å². The Kier molecular flexibility index (Phi) is 5.02. The first-order valence-electron chi connectivity index (χ1n) is 6.02. The summed E-state index contributed by atoms with van der Waals surface area (Å²) in [5.41, 5.74) is -0.308. The van der Waals surface area contributed by atoms with Crippen LogP contribution in [0, 0.1) is 5.82 Å². The van der Waals surface area contributed by atoms with Crippen LogP contribution in [-0.4, -0.2) is 24.6 Å². The number of hydrogen-bond acceptors (Lipinski definition) is 4. The van der Waals surface area contributed by atoms with E-state index in [1.165, 1.54) is 25.3 Å². The molecule has 5 heteroatoms. The Morgan fingerprint density at radius 1 is 1.25 bits per heavy atom. The molecule has 0 aliphatic rings. The fourth-order valence-corrected chi connectivity index (χ4v) is 1.40. The predicted octanol–water partition coefficient (Wildman–Crippen LogP) is 2.97. The maximum Gasteiger partial charge on any atom is 0.337 e. The molecule has 0 bridgehead atoms. The molecule has 20 heavy (non-hydrogen) atoms. The lowest BCUT2D eigenvalue weighted by atomic mass is 10.1. The first-order valence-corrected chi connectivity index (χ1v) is 6.02. The van der Waals surface area contributed by atoms with Gasteiger partial charge in [-0.3, -0.25) is 0 Å². The molecule has 0 heterocycles. The van der Waals surface area contributed by atoms with Crippen LogP contribution < -0.4 is 0 Å². The van der Waals surface area contributed by atoms with E-state index in [-0.39, 0.29) is 11.1 Å². The molecule has 0 amide bonds. The van der Waals surface area contributed by atoms with Gasteiger partial charge in [-0.2, -0.15) is 0 Å². The molecule has 1 rings (SSSR count). The number of carbonyl (C=O) groups is 2. The average Bonchev–Trinajstić information content (AvgIpc) is 2.34. The molecule has 0 saturated carbocycles. The molecule has 0 aliphatic carbocycles. The monoisotopic (exact) mass is 280 g/mol. The number of esters is 2. The number of rotatable bonds is 3. The van der Waals surface area contributed by atoms with Gasteiger partial charge in [0.25, 0.3) is 0 Å². The predicted molar refractivity (Wildman–Crippen MR) is 72.6 cm³/mol. The van der Waals surface area contributed by atoms with E-state index < -0.39 is 23.4 Å². The van der Waals surface area contributed by atoms with Crippen LogP contribution in [0.3, 0.4) is 0 Å². The van der Waals surface area contributed by atoms with Gasteiger partial charge in [0.15, 0.2) is 0 Å². The van der Waals surface area contributed by atoms with E-state index in [1.54, 1.807) is 20.8 Å². The molecule has 0 aromatic heterocycles.